The van der Waals surface area contributed by atoms with Crippen LogP contribution >= 0.6 is 0 Å². The van der Waals surface area contributed by atoms with Gasteiger partial charge in [0, 0.05) is 62.0 Å². The number of hydrogen-bond donors (Lipinski definition) is 2. The van der Waals surface area contributed by atoms with Crippen LogP contribution in [0.1, 0.15) is 24.1 Å². The molecule has 0 aliphatic carbocycles. The van der Waals surface area contributed by atoms with Crippen molar-refractivity contribution in [3.63, 3.8) is 0 Å². The number of nitrogens with zero attached hydrogens (tertiary/aromatic N) is 6. The molecule has 1 atom stereocenters. The highest BCUT2D eigenvalue weighted by Crippen LogP contribution is 2.36. The molecule has 1 unspecified atom stereocenters. The fourth-order valence-corrected chi connectivity index (χ4v) is 4.92. The minimum atomic E-state index is -0.301. The van der Waals surface area contributed by atoms with Gasteiger partial charge in [0.2, 0.25) is 11.9 Å². The number of benzene rings is 2. The van der Waals surface area contributed by atoms with Crippen molar-refractivity contribution in [2.45, 2.75) is 19.5 Å². The number of aromatic nitrogens is 2. The standard InChI is InChI=1S/C29H34N8O2/c1-5-26(38)32-25-9-7-6-8-21(25)19-37-20(2)24-18-30-28(33-27(24)35(4)29(37)39)31-22-10-12-23(13-11-22)36-16-14-34(3)15-17-36/h5-13,18,20H,1,14-17,19H2,2-4H3,(H,32,38)(H,30,31,33). The van der Waals surface area contributed by atoms with E-state index in [9.17, 15) is 9.59 Å². The second-order valence-corrected chi connectivity index (χ2v) is 9.93. The number of likely N-dealkylation sites (N-methyl/N-ethyl adjacent to an activating group) is 1. The van der Waals surface area contributed by atoms with E-state index in [1.807, 2.05) is 43.3 Å². The summed E-state index contributed by atoms with van der Waals surface area (Å²) in [5.41, 5.74) is 4.39. The molecule has 5 rings (SSSR count). The summed E-state index contributed by atoms with van der Waals surface area (Å²) in [6.45, 7) is 9.94. The van der Waals surface area contributed by atoms with Crippen molar-refractivity contribution in [3.8, 4) is 0 Å². The molecular weight excluding hydrogens is 492 g/mol. The molecule has 0 spiro atoms. The van der Waals surface area contributed by atoms with E-state index in [1.54, 1.807) is 23.0 Å². The van der Waals surface area contributed by atoms with E-state index in [4.69, 9.17) is 4.98 Å². The number of hydrogen-bond acceptors (Lipinski definition) is 7. The average molecular weight is 527 g/mol. The van der Waals surface area contributed by atoms with E-state index in [0.29, 0.717) is 24.0 Å². The largest absolute Gasteiger partial charge is 0.369 e. The SMILES string of the molecule is C=CC(=O)Nc1ccccc1CN1C(=O)N(C)c2nc(Nc3ccc(N4CCN(C)CC4)cc3)ncc2C1C. The number of anilines is 5. The van der Waals surface area contributed by atoms with Gasteiger partial charge in [-0.25, -0.2) is 9.78 Å². The first-order valence-electron chi connectivity index (χ1n) is 13.1. The molecule has 202 valence electrons. The lowest BCUT2D eigenvalue weighted by molar-refractivity contribution is -0.111. The third-order valence-electron chi connectivity index (χ3n) is 7.36. The second kappa shape index (κ2) is 11.1. The molecule has 1 fully saturated rings. The first-order chi connectivity index (χ1) is 18.8. The van der Waals surface area contributed by atoms with Crippen LogP contribution in [0.2, 0.25) is 0 Å². The van der Waals surface area contributed by atoms with Crippen LogP contribution in [0.25, 0.3) is 0 Å². The Morgan fingerprint density at radius 3 is 2.51 bits per heavy atom. The first-order valence-corrected chi connectivity index (χ1v) is 13.1. The van der Waals surface area contributed by atoms with E-state index >= 15 is 0 Å². The predicted octanol–water partition coefficient (Wildman–Crippen LogP) is 4.23. The molecule has 1 aromatic heterocycles. The van der Waals surface area contributed by atoms with Crippen LogP contribution in [0.15, 0.2) is 67.4 Å². The van der Waals surface area contributed by atoms with Crippen molar-refractivity contribution in [1.29, 1.82) is 0 Å². The number of fused-ring (bicyclic) bond motifs is 1. The number of rotatable bonds is 7. The molecule has 3 heterocycles. The molecule has 0 bridgehead atoms. The quantitative estimate of drug-likeness (QED) is 0.445. The fraction of sp³-hybridized carbons (Fsp3) is 0.310. The normalized spacial score (nSPS) is 17.6. The Morgan fingerprint density at radius 2 is 1.79 bits per heavy atom. The van der Waals surface area contributed by atoms with Crippen molar-refractivity contribution in [1.82, 2.24) is 19.8 Å². The molecule has 3 aromatic rings. The molecule has 2 aromatic carbocycles. The van der Waals surface area contributed by atoms with Gasteiger partial charge in [-0.1, -0.05) is 24.8 Å². The molecule has 39 heavy (non-hydrogen) atoms. The predicted molar refractivity (Wildman–Crippen MR) is 154 cm³/mol. The van der Waals surface area contributed by atoms with Crippen LogP contribution in [-0.2, 0) is 11.3 Å². The average Bonchev–Trinajstić information content (AvgIpc) is 2.95. The topological polar surface area (TPSA) is 96.9 Å². The van der Waals surface area contributed by atoms with E-state index in [1.165, 1.54) is 11.8 Å². The van der Waals surface area contributed by atoms with E-state index in [2.05, 4.69) is 51.2 Å². The van der Waals surface area contributed by atoms with E-state index in [0.717, 1.165) is 43.0 Å². The molecule has 2 aliphatic heterocycles. The summed E-state index contributed by atoms with van der Waals surface area (Å²) in [6.07, 6.45) is 3.00. The minimum absolute atomic E-state index is 0.180. The van der Waals surface area contributed by atoms with Gasteiger partial charge in [0.05, 0.1) is 12.6 Å². The summed E-state index contributed by atoms with van der Waals surface area (Å²) in [5, 5.41) is 6.09. The van der Waals surface area contributed by atoms with Gasteiger partial charge in [0.25, 0.3) is 0 Å². The Kier molecular flexibility index (Phi) is 7.47. The summed E-state index contributed by atoms with van der Waals surface area (Å²) < 4.78 is 0. The summed E-state index contributed by atoms with van der Waals surface area (Å²) in [7, 11) is 3.87. The zero-order chi connectivity index (χ0) is 27.5. The highest BCUT2D eigenvalue weighted by molar-refractivity contribution is 5.99. The number of carbonyl (C=O) groups is 2. The Morgan fingerprint density at radius 1 is 1.08 bits per heavy atom. The lowest BCUT2D eigenvalue weighted by Gasteiger charge is -2.39. The van der Waals surface area contributed by atoms with Crippen molar-refractivity contribution in [2.75, 3.05) is 60.7 Å². The van der Waals surface area contributed by atoms with Crippen molar-refractivity contribution < 1.29 is 9.59 Å². The van der Waals surface area contributed by atoms with Crippen molar-refractivity contribution >= 4 is 40.8 Å². The fourth-order valence-electron chi connectivity index (χ4n) is 4.92. The lowest BCUT2D eigenvalue weighted by Crippen LogP contribution is -2.47. The van der Waals surface area contributed by atoms with Crippen LogP contribution in [0.5, 0.6) is 0 Å². The first kappa shape index (κ1) is 26.2. The molecule has 10 nitrogen and oxygen atoms in total. The molecule has 0 radical (unpaired) electrons. The maximum Gasteiger partial charge on any atom is 0.326 e. The smallest absolute Gasteiger partial charge is 0.326 e. The lowest BCUT2D eigenvalue weighted by atomic mass is 10.0. The van der Waals surface area contributed by atoms with Crippen LogP contribution in [0, 0.1) is 0 Å². The Balaban J connectivity index is 1.31. The third kappa shape index (κ3) is 5.56. The summed E-state index contributed by atoms with van der Waals surface area (Å²) in [6, 6.07) is 15.3. The number of carbonyl (C=O) groups excluding carboxylic acids is 2. The van der Waals surface area contributed by atoms with Gasteiger partial charge in [-0.2, -0.15) is 4.98 Å². The van der Waals surface area contributed by atoms with Crippen molar-refractivity contribution in [2.24, 2.45) is 0 Å². The maximum atomic E-state index is 13.4. The van der Waals surface area contributed by atoms with Gasteiger partial charge in [-0.05, 0) is 55.9 Å². The van der Waals surface area contributed by atoms with Gasteiger partial charge in [-0.15, -0.1) is 0 Å². The highest BCUT2D eigenvalue weighted by Gasteiger charge is 2.35. The van der Waals surface area contributed by atoms with Gasteiger partial charge in [0.15, 0.2) is 0 Å². The maximum absolute atomic E-state index is 13.4. The van der Waals surface area contributed by atoms with Crippen LogP contribution in [-0.4, -0.2) is 72.0 Å². The van der Waals surface area contributed by atoms with Crippen LogP contribution < -0.4 is 20.4 Å². The minimum Gasteiger partial charge on any atom is -0.369 e. The molecule has 10 heteroatoms. The summed E-state index contributed by atoms with van der Waals surface area (Å²) in [4.78, 5) is 42.6. The van der Waals surface area contributed by atoms with Gasteiger partial charge in [-0.3, -0.25) is 9.69 Å². The molecule has 0 saturated carbocycles. The monoisotopic (exact) mass is 526 g/mol. The van der Waals surface area contributed by atoms with Crippen LogP contribution in [0.4, 0.5) is 33.6 Å². The van der Waals surface area contributed by atoms with Gasteiger partial charge < -0.3 is 25.3 Å². The van der Waals surface area contributed by atoms with E-state index in [-0.39, 0.29) is 18.0 Å². The van der Waals surface area contributed by atoms with Crippen LogP contribution in [0.3, 0.4) is 0 Å². The zero-order valence-corrected chi connectivity index (χ0v) is 22.6. The Hall–Kier alpha value is -4.44. The number of amides is 3. The number of piperazine rings is 1. The van der Waals surface area contributed by atoms with Crippen molar-refractivity contribution in [3.05, 3.63) is 78.5 Å². The highest BCUT2D eigenvalue weighted by atomic mass is 16.2. The van der Waals surface area contributed by atoms with Gasteiger partial charge in [0.1, 0.15) is 5.82 Å². The number of nitrogens with one attached hydrogen (secondary N) is 2. The summed E-state index contributed by atoms with van der Waals surface area (Å²) >= 11 is 0. The molecule has 2 aliphatic rings. The number of urea groups is 1. The Bertz CT molecular complexity index is 1370. The molecule has 2 N–H and O–H groups in total. The molecular formula is C29H34N8O2. The zero-order valence-electron chi connectivity index (χ0n) is 22.6. The van der Waals surface area contributed by atoms with Gasteiger partial charge >= 0.3 is 6.03 Å². The third-order valence-corrected chi connectivity index (χ3v) is 7.36. The number of para-hydroxylation sites is 1. The molecule has 1 saturated heterocycles. The van der Waals surface area contributed by atoms with E-state index < -0.39 is 0 Å². The molecule has 3 amide bonds. The Labute approximate surface area is 228 Å². The summed E-state index contributed by atoms with van der Waals surface area (Å²) in [5.74, 6) is 0.702. The second-order valence-electron chi connectivity index (χ2n) is 9.93.